The summed E-state index contributed by atoms with van der Waals surface area (Å²) in [4.78, 5) is 12.0. The van der Waals surface area contributed by atoms with Crippen LogP contribution in [0.15, 0.2) is 36.4 Å². The van der Waals surface area contributed by atoms with E-state index in [0.717, 1.165) is 18.2 Å². The van der Waals surface area contributed by atoms with Crippen LogP contribution in [0.3, 0.4) is 0 Å². The smallest absolute Gasteiger partial charge is 0.396 e. The molecule has 2 aromatic carbocycles. The third-order valence-electron chi connectivity index (χ3n) is 2.79. The molecule has 2 aromatic rings. The van der Waals surface area contributed by atoms with E-state index in [-0.39, 0.29) is 27.0 Å². The van der Waals surface area contributed by atoms with Crippen LogP contribution in [0, 0.1) is 0 Å². The van der Waals surface area contributed by atoms with Gasteiger partial charge in [0.2, 0.25) is 0 Å². The van der Waals surface area contributed by atoms with E-state index >= 15 is 0 Å². The number of alkyl halides is 3. The van der Waals surface area contributed by atoms with Gasteiger partial charge in [0.25, 0.3) is 5.91 Å². The molecule has 0 bridgehead atoms. The van der Waals surface area contributed by atoms with Crippen molar-refractivity contribution in [3.05, 3.63) is 57.6 Å². The Morgan fingerprint density at radius 3 is 2.23 bits per heavy atom. The Labute approximate surface area is 133 Å². The van der Waals surface area contributed by atoms with Crippen molar-refractivity contribution in [3.63, 3.8) is 0 Å². The van der Waals surface area contributed by atoms with E-state index < -0.39 is 17.6 Å². The minimum absolute atomic E-state index is 0.131. The molecule has 0 saturated heterocycles. The zero-order chi connectivity index (χ0) is 16.5. The molecule has 116 valence electrons. The third kappa shape index (κ3) is 3.64. The van der Waals surface area contributed by atoms with Gasteiger partial charge >= 0.3 is 6.18 Å². The van der Waals surface area contributed by atoms with Gasteiger partial charge in [0.15, 0.2) is 0 Å². The van der Waals surface area contributed by atoms with Gasteiger partial charge in [-0.25, -0.2) is 0 Å². The Morgan fingerprint density at radius 2 is 1.68 bits per heavy atom. The lowest BCUT2D eigenvalue weighted by molar-refractivity contribution is -0.137. The van der Waals surface area contributed by atoms with Gasteiger partial charge < -0.3 is 11.1 Å². The number of carbonyl (C=O) groups is 1. The number of rotatable bonds is 2. The van der Waals surface area contributed by atoms with Crippen molar-refractivity contribution in [1.82, 2.24) is 0 Å². The lowest BCUT2D eigenvalue weighted by atomic mass is 10.1. The van der Waals surface area contributed by atoms with E-state index in [1.54, 1.807) is 0 Å². The van der Waals surface area contributed by atoms with E-state index in [4.69, 9.17) is 28.9 Å². The number of nitrogens with two attached hydrogens (primary N) is 1. The molecule has 0 aliphatic rings. The zero-order valence-electron chi connectivity index (χ0n) is 10.8. The standard InChI is InChI=1S/C14H9Cl2F3N2O/c15-10-5-9(6-11(16)12(10)20)21-13(22)7-2-1-3-8(4-7)14(17,18)19/h1-6H,20H2,(H,21,22). The first-order valence-electron chi connectivity index (χ1n) is 5.91. The molecule has 1 amide bonds. The normalized spacial score (nSPS) is 11.3. The SMILES string of the molecule is Nc1c(Cl)cc(NC(=O)c2cccc(C(F)(F)F)c2)cc1Cl. The number of halogens is 5. The van der Waals surface area contributed by atoms with Crippen molar-refractivity contribution in [2.24, 2.45) is 0 Å². The van der Waals surface area contributed by atoms with Crippen LogP contribution in [0.25, 0.3) is 0 Å². The van der Waals surface area contributed by atoms with Crippen molar-refractivity contribution >= 4 is 40.5 Å². The minimum Gasteiger partial charge on any atom is -0.396 e. The second-order valence-corrected chi connectivity index (χ2v) is 5.20. The molecular weight excluding hydrogens is 340 g/mol. The Kier molecular flexibility index (Phi) is 4.53. The molecule has 0 spiro atoms. The van der Waals surface area contributed by atoms with Gasteiger partial charge in [-0.05, 0) is 30.3 Å². The zero-order valence-corrected chi connectivity index (χ0v) is 12.4. The van der Waals surface area contributed by atoms with E-state index in [9.17, 15) is 18.0 Å². The summed E-state index contributed by atoms with van der Waals surface area (Å²) in [5, 5.41) is 2.68. The largest absolute Gasteiger partial charge is 0.416 e. The third-order valence-corrected chi connectivity index (χ3v) is 3.41. The van der Waals surface area contributed by atoms with Gasteiger partial charge in [-0.15, -0.1) is 0 Å². The minimum atomic E-state index is -4.52. The first-order valence-corrected chi connectivity index (χ1v) is 6.67. The molecule has 22 heavy (non-hydrogen) atoms. The van der Waals surface area contributed by atoms with Crippen LogP contribution < -0.4 is 11.1 Å². The number of nitrogen functional groups attached to an aromatic ring is 1. The monoisotopic (exact) mass is 348 g/mol. The van der Waals surface area contributed by atoms with Crippen LogP contribution >= 0.6 is 23.2 Å². The number of hydrogen-bond acceptors (Lipinski definition) is 2. The molecule has 0 radical (unpaired) electrons. The number of benzene rings is 2. The number of nitrogens with one attached hydrogen (secondary N) is 1. The molecule has 2 rings (SSSR count). The first kappa shape index (κ1) is 16.5. The van der Waals surface area contributed by atoms with Crippen molar-refractivity contribution in [2.45, 2.75) is 6.18 Å². The van der Waals surface area contributed by atoms with Gasteiger partial charge in [-0.1, -0.05) is 29.3 Å². The molecule has 3 N–H and O–H groups in total. The number of hydrogen-bond donors (Lipinski definition) is 2. The Balaban J connectivity index is 2.27. The van der Waals surface area contributed by atoms with Gasteiger partial charge in [0, 0.05) is 11.3 Å². The topological polar surface area (TPSA) is 55.1 Å². The lowest BCUT2D eigenvalue weighted by Crippen LogP contribution is -2.14. The summed E-state index contributed by atoms with van der Waals surface area (Å²) in [6, 6.07) is 6.78. The van der Waals surface area contributed by atoms with Crippen LogP contribution in [0.2, 0.25) is 10.0 Å². The fourth-order valence-electron chi connectivity index (χ4n) is 1.70. The molecule has 0 aliphatic heterocycles. The molecule has 0 aliphatic carbocycles. The van der Waals surface area contributed by atoms with Crippen molar-refractivity contribution < 1.29 is 18.0 Å². The average molecular weight is 349 g/mol. The van der Waals surface area contributed by atoms with Gasteiger partial charge in [0.05, 0.1) is 21.3 Å². The molecule has 0 unspecified atom stereocenters. The fraction of sp³-hybridized carbons (Fsp3) is 0.0714. The maximum absolute atomic E-state index is 12.6. The Bertz CT molecular complexity index is 709. The van der Waals surface area contributed by atoms with Crippen LogP contribution in [-0.2, 0) is 6.18 Å². The van der Waals surface area contributed by atoms with E-state index in [1.165, 1.54) is 18.2 Å². The Morgan fingerprint density at radius 1 is 1.09 bits per heavy atom. The van der Waals surface area contributed by atoms with Gasteiger partial charge in [0.1, 0.15) is 0 Å². The second-order valence-electron chi connectivity index (χ2n) is 4.39. The van der Waals surface area contributed by atoms with E-state index in [0.29, 0.717) is 0 Å². The summed E-state index contributed by atoms with van der Waals surface area (Å²) in [7, 11) is 0. The van der Waals surface area contributed by atoms with Gasteiger partial charge in [-0.2, -0.15) is 13.2 Å². The summed E-state index contributed by atoms with van der Waals surface area (Å²) >= 11 is 11.6. The highest BCUT2D eigenvalue weighted by molar-refractivity contribution is 6.39. The number of amides is 1. The molecule has 0 saturated carbocycles. The molecule has 0 fully saturated rings. The fourth-order valence-corrected chi connectivity index (χ4v) is 2.18. The average Bonchev–Trinajstić information content (AvgIpc) is 2.44. The summed E-state index contributed by atoms with van der Waals surface area (Å²) in [6.07, 6.45) is -4.52. The van der Waals surface area contributed by atoms with Crippen LogP contribution in [0.5, 0.6) is 0 Å². The number of anilines is 2. The van der Waals surface area contributed by atoms with Crippen molar-refractivity contribution in [3.8, 4) is 0 Å². The predicted molar refractivity (Wildman–Crippen MR) is 80.3 cm³/mol. The molecule has 3 nitrogen and oxygen atoms in total. The Hall–Kier alpha value is -1.92. The summed E-state index contributed by atoms with van der Waals surface area (Å²) in [5.41, 5.74) is 4.89. The maximum atomic E-state index is 12.6. The molecule has 8 heteroatoms. The molecular formula is C14H9Cl2F3N2O. The van der Waals surface area contributed by atoms with Crippen molar-refractivity contribution in [1.29, 1.82) is 0 Å². The summed E-state index contributed by atoms with van der Waals surface area (Å²) in [5.74, 6) is -0.719. The number of carbonyl (C=O) groups excluding carboxylic acids is 1. The van der Waals surface area contributed by atoms with Crippen molar-refractivity contribution in [2.75, 3.05) is 11.1 Å². The predicted octanol–water partition coefficient (Wildman–Crippen LogP) is 4.85. The van der Waals surface area contributed by atoms with Crippen LogP contribution in [0.1, 0.15) is 15.9 Å². The second kappa shape index (κ2) is 6.06. The highest BCUT2D eigenvalue weighted by Gasteiger charge is 2.30. The van der Waals surface area contributed by atoms with Gasteiger partial charge in [-0.3, -0.25) is 4.79 Å². The molecule has 0 aromatic heterocycles. The van der Waals surface area contributed by atoms with Crippen LogP contribution in [0.4, 0.5) is 24.5 Å². The maximum Gasteiger partial charge on any atom is 0.416 e. The molecule has 0 atom stereocenters. The van der Waals surface area contributed by atoms with E-state index in [1.807, 2.05) is 0 Å². The quantitative estimate of drug-likeness (QED) is 0.762. The lowest BCUT2D eigenvalue weighted by Gasteiger charge is -2.10. The summed E-state index contributed by atoms with van der Waals surface area (Å²) < 4.78 is 37.9. The van der Waals surface area contributed by atoms with E-state index in [2.05, 4.69) is 5.32 Å². The van der Waals surface area contributed by atoms with Crippen LogP contribution in [-0.4, -0.2) is 5.91 Å². The summed E-state index contributed by atoms with van der Waals surface area (Å²) in [6.45, 7) is 0. The highest BCUT2D eigenvalue weighted by atomic mass is 35.5. The first-order chi connectivity index (χ1) is 10.2. The highest BCUT2D eigenvalue weighted by Crippen LogP contribution is 2.32. The molecule has 0 heterocycles.